The lowest BCUT2D eigenvalue weighted by atomic mass is 9.93. The van der Waals surface area contributed by atoms with Gasteiger partial charge in [0.25, 0.3) is 0 Å². The minimum absolute atomic E-state index is 1.09. The van der Waals surface area contributed by atoms with E-state index in [1.54, 1.807) is 0 Å². The van der Waals surface area contributed by atoms with Crippen LogP contribution in [0.25, 0.3) is 97.7 Å². The maximum absolute atomic E-state index is 2.37. The molecule has 12 rings (SSSR count). The van der Waals surface area contributed by atoms with Gasteiger partial charge in [0.2, 0.25) is 0 Å². The molecule has 0 aliphatic rings. The fraction of sp³-hybridized carbons (Fsp3) is 0. The maximum Gasteiger partial charge on any atom is 0.0462 e. The number of benzene rings is 11. The third-order valence-electron chi connectivity index (χ3n) is 12.9. The molecule has 0 saturated carbocycles. The van der Waals surface area contributed by atoms with Crippen LogP contribution in [-0.2, 0) is 0 Å². The van der Waals surface area contributed by atoms with Gasteiger partial charge in [0.05, 0.1) is 0 Å². The van der Waals surface area contributed by atoms with Crippen LogP contribution in [0.5, 0.6) is 0 Å². The molecule has 0 amide bonds. The molecule has 0 bridgehead atoms. The van der Waals surface area contributed by atoms with Gasteiger partial charge in [-0.2, -0.15) is 0 Å². The molecule has 0 fully saturated rings. The number of nitrogens with zero attached hydrogens (tertiary/aromatic N) is 1. The van der Waals surface area contributed by atoms with Gasteiger partial charge in [-0.1, -0.05) is 188 Å². The topological polar surface area (TPSA) is 3.24 Å². The highest BCUT2D eigenvalue weighted by molar-refractivity contribution is 7.26. The molecule has 0 aliphatic carbocycles. The second kappa shape index (κ2) is 17.0. The van der Waals surface area contributed by atoms with Gasteiger partial charge >= 0.3 is 0 Å². The summed E-state index contributed by atoms with van der Waals surface area (Å²) in [6, 6.07) is 95.1. The summed E-state index contributed by atoms with van der Waals surface area (Å²) >= 11 is 1.88. The zero-order valence-electron chi connectivity index (χ0n) is 36.2. The summed E-state index contributed by atoms with van der Waals surface area (Å²) in [5.74, 6) is 0. The molecule has 66 heavy (non-hydrogen) atoms. The van der Waals surface area contributed by atoms with E-state index in [4.69, 9.17) is 0 Å². The summed E-state index contributed by atoms with van der Waals surface area (Å²) in [4.78, 5) is 2.37. The summed E-state index contributed by atoms with van der Waals surface area (Å²) in [6.07, 6.45) is 0. The third kappa shape index (κ3) is 7.54. The van der Waals surface area contributed by atoms with Crippen molar-refractivity contribution in [3.05, 3.63) is 261 Å². The van der Waals surface area contributed by atoms with Crippen molar-refractivity contribution in [2.24, 2.45) is 0 Å². The molecule has 310 valence electrons. The normalized spacial score (nSPS) is 11.3. The summed E-state index contributed by atoms with van der Waals surface area (Å²) in [5, 5.41) is 5.13. The number of anilines is 3. The number of hydrogen-bond donors (Lipinski definition) is 0. The molecule has 0 spiro atoms. The fourth-order valence-electron chi connectivity index (χ4n) is 9.45. The Labute approximate surface area is 389 Å². The summed E-state index contributed by atoms with van der Waals surface area (Å²) in [5.41, 5.74) is 17.7. The molecule has 12 aromatic rings. The predicted octanol–water partition coefficient (Wildman–Crippen LogP) is 18.7. The molecule has 0 radical (unpaired) electrons. The molecule has 11 aromatic carbocycles. The minimum atomic E-state index is 1.09. The SMILES string of the molecule is c1ccc(-c2cc(-c3ccccc3)cc(-c3ccc(N(c4ccc(-c5cccc(-c6cccc7c6sc6ccccc67)c5)cc4)c4ccc(-c5ccc6ccccc6c5)cc4)cc3)c2)cc1. The predicted molar refractivity (Wildman–Crippen MR) is 284 cm³/mol. The van der Waals surface area contributed by atoms with E-state index in [0.717, 1.165) is 17.1 Å². The monoisotopic (exact) mass is 857 g/mol. The molecule has 0 unspecified atom stereocenters. The van der Waals surface area contributed by atoms with Crippen LogP contribution >= 0.6 is 11.3 Å². The summed E-state index contributed by atoms with van der Waals surface area (Å²) in [7, 11) is 0. The van der Waals surface area contributed by atoms with Crippen LogP contribution < -0.4 is 4.90 Å². The van der Waals surface area contributed by atoms with Crippen molar-refractivity contribution in [3.63, 3.8) is 0 Å². The number of rotatable bonds is 9. The quantitative estimate of drug-likeness (QED) is 0.140. The Bertz CT molecular complexity index is 3610. The van der Waals surface area contributed by atoms with Crippen molar-refractivity contribution in [2.75, 3.05) is 4.90 Å². The second-order valence-corrected chi connectivity index (χ2v) is 18.0. The Morgan fingerprint density at radius 3 is 1.26 bits per heavy atom. The smallest absolute Gasteiger partial charge is 0.0462 e. The van der Waals surface area contributed by atoms with Gasteiger partial charge in [-0.05, 0) is 150 Å². The molecular formula is C64H43NS. The average molecular weight is 858 g/mol. The first-order valence-electron chi connectivity index (χ1n) is 22.6. The van der Waals surface area contributed by atoms with Crippen LogP contribution in [-0.4, -0.2) is 0 Å². The lowest BCUT2D eigenvalue weighted by molar-refractivity contribution is 1.28. The average Bonchev–Trinajstić information content (AvgIpc) is 3.79. The van der Waals surface area contributed by atoms with E-state index in [9.17, 15) is 0 Å². The Morgan fingerprint density at radius 2 is 0.652 bits per heavy atom. The number of fused-ring (bicyclic) bond motifs is 4. The molecule has 0 saturated heterocycles. The molecule has 1 heterocycles. The molecule has 1 nitrogen and oxygen atoms in total. The van der Waals surface area contributed by atoms with Crippen molar-refractivity contribution < 1.29 is 0 Å². The standard InChI is InChI=1S/C64H43NS/c1-3-13-44(14-4-1)54-41-55(45-15-5-2-6-16-45)43-56(42-54)49-31-37-59(38-32-49)65(58-35-29-48(30-36-58)52-26-25-46-17-7-8-18-50(46)39-52)57-33-27-47(28-34-57)51-19-11-20-53(40-51)60-22-12-23-62-61-21-9-10-24-63(61)66-64(60)62/h1-43H. The molecule has 0 atom stereocenters. The number of hydrogen-bond acceptors (Lipinski definition) is 2. The lowest BCUT2D eigenvalue weighted by Crippen LogP contribution is -2.09. The molecule has 0 N–H and O–H groups in total. The van der Waals surface area contributed by atoms with Crippen LogP contribution in [0, 0.1) is 0 Å². The van der Waals surface area contributed by atoms with Crippen LogP contribution in [0.4, 0.5) is 17.1 Å². The van der Waals surface area contributed by atoms with Crippen molar-refractivity contribution in [3.8, 4) is 66.8 Å². The fourth-order valence-corrected chi connectivity index (χ4v) is 10.7. The maximum atomic E-state index is 2.37. The van der Waals surface area contributed by atoms with Crippen LogP contribution in [0.15, 0.2) is 261 Å². The van der Waals surface area contributed by atoms with Gasteiger partial charge in [0.15, 0.2) is 0 Å². The van der Waals surface area contributed by atoms with Crippen molar-refractivity contribution in [1.82, 2.24) is 0 Å². The van der Waals surface area contributed by atoms with Gasteiger partial charge in [-0.3, -0.25) is 0 Å². The first-order chi connectivity index (χ1) is 32.7. The van der Waals surface area contributed by atoms with Gasteiger partial charge in [0, 0.05) is 37.2 Å². The van der Waals surface area contributed by atoms with Crippen LogP contribution in [0.3, 0.4) is 0 Å². The zero-order chi connectivity index (χ0) is 43.8. The first kappa shape index (κ1) is 39.3. The van der Waals surface area contributed by atoms with E-state index < -0.39 is 0 Å². The molecule has 1 aromatic heterocycles. The van der Waals surface area contributed by atoms with Crippen molar-refractivity contribution >= 4 is 59.3 Å². The summed E-state index contributed by atoms with van der Waals surface area (Å²) in [6.45, 7) is 0. The van der Waals surface area contributed by atoms with Crippen molar-refractivity contribution in [1.29, 1.82) is 0 Å². The molecular weight excluding hydrogens is 815 g/mol. The minimum Gasteiger partial charge on any atom is -0.311 e. The van der Waals surface area contributed by atoms with E-state index in [1.165, 1.54) is 97.7 Å². The van der Waals surface area contributed by atoms with Crippen LogP contribution in [0.2, 0.25) is 0 Å². The van der Waals surface area contributed by atoms with Gasteiger partial charge < -0.3 is 4.90 Å². The Kier molecular flexibility index (Phi) is 10.1. The molecule has 0 aliphatic heterocycles. The second-order valence-electron chi connectivity index (χ2n) is 16.9. The highest BCUT2D eigenvalue weighted by Gasteiger charge is 2.16. The largest absolute Gasteiger partial charge is 0.311 e. The van der Waals surface area contributed by atoms with E-state index in [2.05, 4.69) is 266 Å². The van der Waals surface area contributed by atoms with E-state index >= 15 is 0 Å². The van der Waals surface area contributed by atoms with E-state index in [1.807, 2.05) is 11.3 Å². The number of thiophene rings is 1. The van der Waals surface area contributed by atoms with E-state index in [0.29, 0.717) is 0 Å². The van der Waals surface area contributed by atoms with Crippen molar-refractivity contribution in [2.45, 2.75) is 0 Å². The first-order valence-corrected chi connectivity index (χ1v) is 23.4. The Morgan fingerprint density at radius 1 is 0.242 bits per heavy atom. The zero-order valence-corrected chi connectivity index (χ0v) is 37.0. The van der Waals surface area contributed by atoms with E-state index in [-0.39, 0.29) is 0 Å². The molecule has 2 heteroatoms. The summed E-state index contributed by atoms with van der Waals surface area (Å²) < 4.78 is 2.66. The Balaban J connectivity index is 0.914. The Hall–Kier alpha value is -8.30. The third-order valence-corrected chi connectivity index (χ3v) is 14.1. The van der Waals surface area contributed by atoms with Crippen LogP contribution in [0.1, 0.15) is 0 Å². The van der Waals surface area contributed by atoms with Gasteiger partial charge in [-0.25, -0.2) is 0 Å². The highest BCUT2D eigenvalue weighted by Crippen LogP contribution is 2.42. The van der Waals surface area contributed by atoms with Gasteiger partial charge in [-0.15, -0.1) is 11.3 Å². The lowest BCUT2D eigenvalue weighted by Gasteiger charge is -2.26. The highest BCUT2D eigenvalue weighted by atomic mass is 32.1. The van der Waals surface area contributed by atoms with Gasteiger partial charge in [0.1, 0.15) is 0 Å².